The van der Waals surface area contributed by atoms with Gasteiger partial charge in [0.25, 0.3) is 10.0 Å². The minimum atomic E-state index is -3.85. The first kappa shape index (κ1) is 14.1. The molecule has 2 N–H and O–H groups in total. The van der Waals surface area contributed by atoms with E-state index in [4.69, 9.17) is 9.15 Å². The van der Waals surface area contributed by atoms with Crippen LogP contribution in [0.3, 0.4) is 0 Å². The number of pyridine rings is 1. The summed E-state index contributed by atoms with van der Waals surface area (Å²) in [6, 6.07) is 7.10. The van der Waals surface area contributed by atoms with Gasteiger partial charge >= 0.3 is 5.76 Å². The Balaban J connectivity index is 1.98. The zero-order chi connectivity index (χ0) is 15.7. The number of anilines is 1. The molecule has 0 aliphatic rings. The molecule has 2 aromatic heterocycles. The van der Waals surface area contributed by atoms with Gasteiger partial charge in [-0.2, -0.15) is 0 Å². The van der Waals surface area contributed by atoms with Gasteiger partial charge in [-0.1, -0.05) is 0 Å². The number of rotatable bonds is 4. The molecule has 0 amide bonds. The molecule has 2 heterocycles. The van der Waals surface area contributed by atoms with E-state index in [0.717, 1.165) is 0 Å². The van der Waals surface area contributed by atoms with Crippen molar-refractivity contribution in [3.63, 3.8) is 0 Å². The molecule has 0 aliphatic heterocycles. The third kappa shape index (κ3) is 2.66. The molecular weight excluding hydrogens is 310 g/mol. The fourth-order valence-electron chi connectivity index (χ4n) is 1.89. The van der Waals surface area contributed by atoms with Crippen molar-refractivity contribution in [2.75, 3.05) is 11.8 Å². The number of nitrogens with zero attached hydrogens (tertiary/aromatic N) is 1. The lowest BCUT2D eigenvalue weighted by Gasteiger charge is -2.08. The van der Waals surface area contributed by atoms with Gasteiger partial charge in [-0.25, -0.2) is 18.2 Å². The Morgan fingerprint density at radius 2 is 2.09 bits per heavy atom. The number of aromatic amines is 1. The van der Waals surface area contributed by atoms with Crippen LogP contribution in [0, 0.1) is 0 Å². The number of oxazole rings is 1. The molecule has 0 spiro atoms. The third-order valence-electron chi connectivity index (χ3n) is 2.91. The fourth-order valence-corrected chi connectivity index (χ4v) is 2.91. The number of aromatic nitrogens is 2. The molecule has 8 nitrogen and oxygen atoms in total. The number of ether oxygens (including phenoxy) is 1. The molecule has 3 rings (SSSR count). The molecule has 0 bridgehead atoms. The van der Waals surface area contributed by atoms with Gasteiger partial charge in [0.2, 0.25) is 0 Å². The number of fused-ring (bicyclic) bond motifs is 1. The second-order valence-corrected chi connectivity index (χ2v) is 6.04. The van der Waals surface area contributed by atoms with Gasteiger partial charge in [0.1, 0.15) is 11.6 Å². The van der Waals surface area contributed by atoms with Gasteiger partial charge < -0.3 is 9.15 Å². The molecule has 9 heteroatoms. The molecule has 0 atom stereocenters. The van der Waals surface area contributed by atoms with E-state index in [1.807, 2.05) is 0 Å². The van der Waals surface area contributed by atoms with E-state index in [1.54, 1.807) is 6.07 Å². The average Bonchev–Trinajstić information content (AvgIpc) is 2.86. The summed E-state index contributed by atoms with van der Waals surface area (Å²) in [6.07, 6.45) is 1.42. The number of nitrogens with one attached hydrogen (secondary N) is 2. The van der Waals surface area contributed by atoms with Crippen LogP contribution in [0.2, 0.25) is 0 Å². The molecule has 3 aromatic rings. The zero-order valence-corrected chi connectivity index (χ0v) is 12.2. The van der Waals surface area contributed by atoms with E-state index >= 15 is 0 Å². The number of methoxy groups -OCH3 is 1. The Morgan fingerprint density at radius 1 is 1.27 bits per heavy atom. The summed E-state index contributed by atoms with van der Waals surface area (Å²) in [7, 11) is -2.38. The second kappa shape index (κ2) is 5.19. The first-order valence-corrected chi connectivity index (χ1v) is 7.62. The van der Waals surface area contributed by atoms with E-state index in [9.17, 15) is 13.2 Å². The minimum Gasteiger partial charge on any atom is -0.497 e. The molecule has 22 heavy (non-hydrogen) atoms. The highest BCUT2D eigenvalue weighted by Crippen LogP contribution is 2.20. The summed E-state index contributed by atoms with van der Waals surface area (Å²) >= 11 is 0. The van der Waals surface area contributed by atoms with Crippen LogP contribution in [0.15, 0.2) is 50.6 Å². The SMILES string of the molecule is COc1ccnc(NS(=O)(=O)c2ccc3oc(=O)[nH]c3c2)c1. The van der Waals surface area contributed by atoms with Gasteiger partial charge in [0.05, 0.1) is 17.5 Å². The molecule has 0 saturated carbocycles. The maximum Gasteiger partial charge on any atom is 0.417 e. The highest BCUT2D eigenvalue weighted by atomic mass is 32.2. The number of sulfonamides is 1. The van der Waals surface area contributed by atoms with Crippen LogP contribution in [-0.4, -0.2) is 25.5 Å². The third-order valence-corrected chi connectivity index (χ3v) is 4.26. The van der Waals surface area contributed by atoms with E-state index in [0.29, 0.717) is 11.3 Å². The molecular formula is C13H11N3O5S. The van der Waals surface area contributed by atoms with Crippen molar-refractivity contribution < 1.29 is 17.6 Å². The van der Waals surface area contributed by atoms with E-state index in [2.05, 4.69) is 14.7 Å². The van der Waals surface area contributed by atoms with Crippen LogP contribution < -0.4 is 15.2 Å². The number of H-pyrrole nitrogens is 1. The lowest BCUT2D eigenvalue weighted by molar-refractivity contribution is 0.414. The van der Waals surface area contributed by atoms with Crippen molar-refractivity contribution in [1.82, 2.24) is 9.97 Å². The quantitative estimate of drug-likeness (QED) is 0.749. The predicted molar refractivity (Wildman–Crippen MR) is 78.4 cm³/mol. The normalized spacial score (nSPS) is 11.5. The van der Waals surface area contributed by atoms with Gasteiger partial charge in [0, 0.05) is 12.3 Å². The first-order valence-electron chi connectivity index (χ1n) is 6.14. The highest BCUT2D eigenvalue weighted by molar-refractivity contribution is 7.92. The topological polar surface area (TPSA) is 114 Å². The van der Waals surface area contributed by atoms with Crippen LogP contribution in [0.1, 0.15) is 0 Å². The summed E-state index contributed by atoms with van der Waals surface area (Å²) in [5.74, 6) is -0.0468. The van der Waals surface area contributed by atoms with Gasteiger partial charge in [-0.05, 0) is 24.3 Å². The Kier molecular flexibility index (Phi) is 3.33. The fraction of sp³-hybridized carbons (Fsp3) is 0.0769. The second-order valence-electron chi connectivity index (χ2n) is 4.36. The minimum absolute atomic E-state index is 0.0262. The predicted octanol–water partition coefficient (Wildman–Crippen LogP) is 1.33. The van der Waals surface area contributed by atoms with Crippen molar-refractivity contribution in [1.29, 1.82) is 0 Å². The summed E-state index contributed by atoms with van der Waals surface area (Å²) in [4.78, 5) is 17.4. The van der Waals surface area contributed by atoms with Crippen molar-refractivity contribution in [2.24, 2.45) is 0 Å². The maximum atomic E-state index is 12.3. The van der Waals surface area contributed by atoms with Crippen molar-refractivity contribution in [2.45, 2.75) is 4.90 Å². The molecule has 0 unspecified atom stereocenters. The van der Waals surface area contributed by atoms with E-state index in [1.165, 1.54) is 37.6 Å². The number of benzene rings is 1. The average molecular weight is 321 g/mol. The van der Waals surface area contributed by atoms with Crippen molar-refractivity contribution in [3.05, 3.63) is 47.1 Å². The Labute approximate surface area is 124 Å². The first-order chi connectivity index (χ1) is 10.5. The van der Waals surface area contributed by atoms with Gasteiger partial charge in [-0.3, -0.25) is 9.71 Å². The van der Waals surface area contributed by atoms with Crippen molar-refractivity contribution in [3.8, 4) is 5.75 Å². The summed E-state index contributed by atoms with van der Waals surface area (Å²) in [5, 5.41) is 0. The van der Waals surface area contributed by atoms with Crippen LogP contribution in [0.25, 0.3) is 11.1 Å². The zero-order valence-electron chi connectivity index (χ0n) is 11.4. The lowest BCUT2D eigenvalue weighted by atomic mass is 10.3. The number of hydrogen-bond donors (Lipinski definition) is 2. The molecule has 114 valence electrons. The van der Waals surface area contributed by atoms with Crippen molar-refractivity contribution >= 4 is 26.9 Å². The molecule has 1 aromatic carbocycles. The maximum absolute atomic E-state index is 12.3. The summed E-state index contributed by atoms with van der Waals surface area (Å²) in [6.45, 7) is 0. The molecule has 0 saturated heterocycles. The summed E-state index contributed by atoms with van der Waals surface area (Å²) in [5.41, 5.74) is 0.579. The Morgan fingerprint density at radius 3 is 2.86 bits per heavy atom. The molecule has 0 radical (unpaired) electrons. The smallest absolute Gasteiger partial charge is 0.417 e. The van der Waals surface area contributed by atoms with E-state index in [-0.39, 0.29) is 16.3 Å². The van der Waals surface area contributed by atoms with Crippen LogP contribution >= 0.6 is 0 Å². The number of hydrogen-bond acceptors (Lipinski definition) is 6. The van der Waals surface area contributed by atoms with Crippen LogP contribution in [0.5, 0.6) is 5.75 Å². The largest absolute Gasteiger partial charge is 0.497 e. The van der Waals surface area contributed by atoms with Gasteiger partial charge in [-0.15, -0.1) is 0 Å². The monoisotopic (exact) mass is 321 g/mol. The standard InChI is InChI=1S/C13H11N3O5S/c1-20-8-4-5-14-12(6-8)16-22(18,19)9-2-3-11-10(7-9)15-13(17)21-11/h2-7H,1H3,(H,14,16)(H,15,17). The van der Waals surface area contributed by atoms with E-state index < -0.39 is 15.8 Å². The summed E-state index contributed by atoms with van der Waals surface area (Å²) < 4.78 is 36.9. The lowest BCUT2D eigenvalue weighted by Crippen LogP contribution is -2.13. The Hall–Kier alpha value is -2.81. The highest BCUT2D eigenvalue weighted by Gasteiger charge is 2.16. The Bertz CT molecular complexity index is 990. The van der Waals surface area contributed by atoms with Crippen LogP contribution in [0.4, 0.5) is 5.82 Å². The van der Waals surface area contributed by atoms with Crippen LogP contribution in [-0.2, 0) is 10.0 Å². The van der Waals surface area contributed by atoms with Gasteiger partial charge in [0.15, 0.2) is 5.58 Å². The molecule has 0 aliphatic carbocycles. The molecule has 0 fully saturated rings.